The molecular weight excluding hydrogens is 310 g/mol. The van der Waals surface area contributed by atoms with Gasteiger partial charge in [0.05, 0.1) is 23.1 Å². The topological polar surface area (TPSA) is 82.3 Å². The van der Waals surface area contributed by atoms with E-state index in [4.69, 9.17) is 17.2 Å². The number of benzene rings is 1. The van der Waals surface area contributed by atoms with Crippen molar-refractivity contribution < 1.29 is 0 Å². The molecule has 3 N–H and O–H groups in total. The van der Waals surface area contributed by atoms with Crippen LogP contribution in [0.4, 0.5) is 0 Å². The molecule has 0 atom stereocenters. The maximum Gasteiger partial charge on any atom is 0.276 e. The van der Waals surface area contributed by atoms with Crippen molar-refractivity contribution in [1.29, 1.82) is 0 Å². The van der Waals surface area contributed by atoms with Gasteiger partial charge in [0.2, 0.25) is 0 Å². The fraction of sp³-hybridized carbons (Fsp3) is 0.188. The van der Waals surface area contributed by atoms with E-state index >= 15 is 0 Å². The molecule has 3 heterocycles. The smallest absolute Gasteiger partial charge is 0.276 e. The first-order chi connectivity index (χ1) is 11.0. The summed E-state index contributed by atoms with van der Waals surface area (Å²) >= 11 is 5.31. The van der Waals surface area contributed by atoms with Gasteiger partial charge in [0, 0.05) is 6.20 Å². The van der Waals surface area contributed by atoms with Gasteiger partial charge in [0.25, 0.3) is 5.56 Å². The Balaban J connectivity index is 1.89. The van der Waals surface area contributed by atoms with Crippen molar-refractivity contribution in [2.45, 2.75) is 20.4 Å². The van der Waals surface area contributed by atoms with E-state index < -0.39 is 0 Å². The predicted octanol–water partition coefficient (Wildman–Crippen LogP) is 2.93. The molecule has 0 saturated carbocycles. The van der Waals surface area contributed by atoms with E-state index in [1.807, 2.05) is 16.7 Å². The normalized spacial score (nSPS) is 11.6. The van der Waals surface area contributed by atoms with Crippen LogP contribution >= 0.6 is 12.2 Å². The minimum absolute atomic E-state index is 0.206. The Kier molecular flexibility index (Phi) is 2.99. The van der Waals surface area contributed by atoms with Crippen LogP contribution in [0.2, 0.25) is 0 Å². The van der Waals surface area contributed by atoms with Crippen LogP contribution in [0.25, 0.3) is 22.1 Å². The Morgan fingerprint density at radius 2 is 2.04 bits per heavy atom. The second-order valence-electron chi connectivity index (χ2n) is 5.67. The summed E-state index contributed by atoms with van der Waals surface area (Å²) in [4.78, 5) is 25.6. The molecule has 0 amide bonds. The second-order valence-corrected chi connectivity index (χ2v) is 6.06. The standard InChI is InChI=1S/C16H15N5OS/c1-8-3-4-10-13(9(8)2)19-12(18-10)7-21-11-5-6-17-14(11)15(22)20-16(21)23/h3-6,17H,7H2,1-2H3,(H,18,19)(H,20,22,23). The molecule has 0 saturated heterocycles. The molecule has 23 heavy (non-hydrogen) atoms. The van der Waals surface area contributed by atoms with Crippen LogP contribution in [0.3, 0.4) is 0 Å². The highest BCUT2D eigenvalue weighted by molar-refractivity contribution is 7.71. The number of nitrogens with zero attached hydrogens (tertiary/aromatic N) is 2. The van der Waals surface area contributed by atoms with Gasteiger partial charge in [-0.25, -0.2) is 4.98 Å². The number of nitrogens with one attached hydrogen (secondary N) is 3. The molecule has 4 rings (SSSR count). The number of aromatic amines is 3. The summed E-state index contributed by atoms with van der Waals surface area (Å²) in [6.45, 7) is 4.61. The van der Waals surface area contributed by atoms with E-state index in [0.29, 0.717) is 16.8 Å². The van der Waals surface area contributed by atoms with Gasteiger partial charge in [-0.3, -0.25) is 9.78 Å². The van der Waals surface area contributed by atoms with Gasteiger partial charge < -0.3 is 14.5 Å². The third-order valence-electron chi connectivity index (χ3n) is 4.24. The number of hydrogen-bond acceptors (Lipinski definition) is 3. The molecule has 7 heteroatoms. The summed E-state index contributed by atoms with van der Waals surface area (Å²) in [5, 5.41) is 0. The van der Waals surface area contributed by atoms with E-state index in [9.17, 15) is 4.79 Å². The fourth-order valence-corrected chi connectivity index (χ4v) is 3.11. The van der Waals surface area contributed by atoms with Crippen molar-refractivity contribution in [2.75, 3.05) is 0 Å². The van der Waals surface area contributed by atoms with Crippen molar-refractivity contribution in [2.24, 2.45) is 0 Å². The van der Waals surface area contributed by atoms with Crippen LogP contribution < -0.4 is 5.56 Å². The van der Waals surface area contributed by atoms with Crippen molar-refractivity contribution in [3.63, 3.8) is 0 Å². The molecule has 0 aliphatic carbocycles. The molecule has 6 nitrogen and oxygen atoms in total. The lowest BCUT2D eigenvalue weighted by atomic mass is 10.1. The zero-order valence-corrected chi connectivity index (χ0v) is 13.5. The highest BCUT2D eigenvalue weighted by Crippen LogP contribution is 2.20. The second kappa shape index (κ2) is 4.92. The molecule has 0 aliphatic heterocycles. The van der Waals surface area contributed by atoms with Gasteiger partial charge >= 0.3 is 0 Å². The minimum Gasteiger partial charge on any atom is -0.355 e. The zero-order valence-electron chi connectivity index (χ0n) is 12.7. The van der Waals surface area contributed by atoms with Gasteiger partial charge in [-0.15, -0.1) is 0 Å². The van der Waals surface area contributed by atoms with Gasteiger partial charge in [0.1, 0.15) is 11.3 Å². The summed E-state index contributed by atoms with van der Waals surface area (Å²) in [6, 6.07) is 5.96. The first kappa shape index (κ1) is 14.0. The van der Waals surface area contributed by atoms with E-state index in [1.54, 1.807) is 6.20 Å². The summed E-state index contributed by atoms with van der Waals surface area (Å²) in [6.07, 6.45) is 1.73. The van der Waals surface area contributed by atoms with Crippen molar-refractivity contribution in [3.8, 4) is 0 Å². The van der Waals surface area contributed by atoms with Crippen LogP contribution in [-0.4, -0.2) is 24.5 Å². The number of H-pyrrole nitrogens is 3. The Bertz CT molecular complexity index is 1160. The number of imidazole rings is 1. The van der Waals surface area contributed by atoms with Crippen molar-refractivity contribution >= 4 is 34.3 Å². The van der Waals surface area contributed by atoms with E-state index in [-0.39, 0.29) is 5.56 Å². The quantitative estimate of drug-likeness (QED) is 0.496. The zero-order chi connectivity index (χ0) is 16.1. The highest BCUT2D eigenvalue weighted by Gasteiger charge is 2.11. The minimum atomic E-state index is -0.206. The van der Waals surface area contributed by atoms with Gasteiger partial charge in [-0.05, 0) is 49.3 Å². The SMILES string of the molecule is Cc1ccc2[nH]c(Cn3c(=S)[nH]c(=O)c4[nH]ccc43)nc2c1C. The maximum atomic E-state index is 11.9. The monoisotopic (exact) mass is 325 g/mol. The lowest BCUT2D eigenvalue weighted by molar-refractivity contribution is 0.748. The number of aromatic nitrogens is 5. The summed E-state index contributed by atoms with van der Waals surface area (Å²) in [5.41, 5.74) is 5.44. The summed E-state index contributed by atoms with van der Waals surface area (Å²) in [5.74, 6) is 0.805. The largest absolute Gasteiger partial charge is 0.355 e. The number of rotatable bonds is 2. The molecule has 4 aromatic rings. The fourth-order valence-electron chi connectivity index (χ4n) is 2.85. The molecule has 0 aliphatic rings. The van der Waals surface area contributed by atoms with E-state index in [2.05, 4.69) is 34.9 Å². The number of fused-ring (bicyclic) bond motifs is 2. The summed E-state index contributed by atoms with van der Waals surface area (Å²) < 4.78 is 2.25. The molecule has 116 valence electrons. The van der Waals surface area contributed by atoms with Gasteiger partial charge in [0.15, 0.2) is 4.77 Å². The molecule has 0 unspecified atom stereocenters. The van der Waals surface area contributed by atoms with E-state index in [1.165, 1.54) is 11.1 Å². The van der Waals surface area contributed by atoms with Crippen LogP contribution in [0.1, 0.15) is 17.0 Å². The first-order valence-corrected chi connectivity index (χ1v) is 7.70. The van der Waals surface area contributed by atoms with Gasteiger partial charge in [-0.2, -0.15) is 0 Å². The Labute approximate surface area is 136 Å². The van der Waals surface area contributed by atoms with Crippen LogP contribution in [-0.2, 0) is 6.54 Å². The van der Waals surface area contributed by atoms with Gasteiger partial charge in [-0.1, -0.05) is 6.07 Å². The number of hydrogen-bond donors (Lipinski definition) is 3. The Hall–Kier alpha value is -2.67. The van der Waals surface area contributed by atoms with Crippen molar-refractivity contribution in [1.82, 2.24) is 24.5 Å². The Morgan fingerprint density at radius 3 is 2.87 bits per heavy atom. The molecule has 0 bridgehead atoms. The summed E-state index contributed by atoms with van der Waals surface area (Å²) in [7, 11) is 0. The third kappa shape index (κ3) is 2.12. The highest BCUT2D eigenvalue weighted by atomic mass is 32.1. The van der Waals surface area contributed by atoms with E-state index in [0.717, 1.165) is 22.4 Å². The number of aryl methyl sites for hydroxylation is 2. The molecule has 1 aromatic carbocycles. The van der Waals surface area contributed by atoms with Crippen LogP contribution in [0.15, 0.2) is 29.2 Å². The third-order valence-corrected chi connectivity index (χ3v) is 4.57. The molecule has 0 spiro atoms. The first-order valence-electron chi connectivity index (χ1n) is 7.29. The molecule has 0 fully saturated rings. The average Bonchev–Trinajstić information content (AvgIpc) is 3.14. The lowest BCUT2D eigenvalue weighted by Crippen LogP contribution is -2.15. The van der Waals surface area contributed by atoms with Crippen LogP contribution in [0, 0.1) is 18.6 Å². The molecule has 3 aromatic heterocycles. The predicted molar refractivity (Wildman–Crippen MR) is 92.4 cm³/mol. The van der Waals surface area contributed by atoms with Crippen molar-refractivity contribution in [3.05, 3.63) is 56.5 Å². The maximum absolute atomic E-state index is 11.9. The molecule has 0 radical (unpaired) electrons. The lowest BCUT2D eigenvalue weighted by Gasteiger charge is -2.06. The molecular formula is C16H15N5OS. The Morgan fingerprint density at radius 1 is 1.22 bits per heavy atom. The average molecular weight is 325 g/mol. The van der Waals surface area contributed by atoms with Crippen LogP contribution in [0.5, 0.6) is 0 Å².